The smallest absolute Gasteiger partial charge is 0.0757 e. The van der Waals surface area contributed by atoms with Crippen molar-refractivity contribution in [3.05, 3.63) is 0 Å². The van der Waals surface area contributed by atoms with Gasteiger partial charge in [-0.1, -0.05) is 0 Å². The highest BCUT2D eigenvalue weighted by Crippen LogP contribution is 2.03. The molecule has 78 valence electrons. The molecular weight excluding hydrogens is 152 g/mol. The maximum atomic E-state index is 4.50. The van der Waals surface area contributed by atoms with Crippen molar-refractivity contribution in [1.82, 2.24) is 0 Å². The van der Waals surface area contributed by atoms with Gasteiger partial charge in [0.1, 0.15) is 0 Å². The number of nitrogens with zero attached hydrogens (tertiary/aromatic N) is 1. The third-order valence-electron chi connectivity index (χ3n) is 2.68. The summed E-state index contributed by atoms with van der Waals surface area (Å²) < 4.78 is 1.28. The Kier molecular flexibility index (Phi) is 16.2. The van der Waals surface area contributed by atoms with Gasteiger partial charge in [0.25, 0.3) is 0 Å². The summed E-state index contributed by atoms with van der Waals surface area (Å²) in [6, 6.07) is 0. The molecule has 0 unspecified atom stereocenters. The van der Waals surface area contributed by atoms with E-state index in [-0.39, 0.29) is 5.48 Å². The zero-order valence-corrected chi connectivity index (χ0v) is 9.30. The summed E-state index contributed by atoms with van der Waals surface area (Å²) in [7, 11) is 1.50. The standard InChI is InChI=1S/C8H20N.CH5N.H2O/c1-5-9(6-2,7-3)8-4;1-2;/h5-8H2,1-4H3;2H2,1H3;1H2/q+1;;/p-1. The van der Waals surface area contributed by atoms with E-state index in [1.165, 1.54) is 37.7 Å². The van der Waals surface area contributed by atoms with Gasteiger partial charge in [-0.3, -0.25) is 0 Å². The zero-order chi connectivity index (χ0) is 9.33. The molecule has 0 aromatic rings. The molecule has 0 spiro atoms. The molecule has 3 heteroatoms. The van der Waals surface area contributed by atoms with E-state index in [9.17, 15) is 0 Å². The second-order valence-electron chi connectivity index (χ2n) is 2.61. The highest BCUT2D eigenvalue weighted by atomic mass is 16.0. The first-order valence-electron chi connectivity index (χ1n) is 4.67. The van der Waals surface area contributed by atoms with Crippen LogP contribution < -0.4 is 5.73 Å². The molecule has 0 atom stereocenters. The Bertz CT molecular complexity index is 55.4. The van der Waals surface area contributed by atoms with Crippen molar-refractivity contribution in [2.24, 2.45) is 5.73 Å². The topological polar surface area (TPSA) is 56.0 Å². The summed E-state index contributed by atoms with van der Waals surface area (Å²) in [6.45, 7) is 14.2. The predicted molar refractivity (Wildman–Crippen MR) is 54.5 cm³/mol. The van der Waals surface area contributed by atoms with E-state index in [1.54, 1.807) is 0 Å². The van der Waals surface area contributed by atoms with Crippen molar-refractivity contribution < 1.29 is 9.96 Å². The fourth-order valence-corrected chi connectivity index (χ4v) is 1.34. The van der Waals surface area contributed by atoms with Crippen molar-refractivity contribution in [2.75, 3.05) is 33.2 Å². The Morgan fingerprint density at radius 2 is 0.917 bits per heavy atom. The molecule has 12 heavy (non-hydrogen) atoms. The fraction of sp³-hybridized carbons (Fsp3) is 1.00. The maximum Gasteiger partial charge on any atom is 0.0757 e. The van der Waals surface area contributed by atoms with Crippen LogP contribution in [0.5, 0.6) is 0 Å². The fourth-order valence-electron chi connectivity index (χ4n) is 1.34. The molecule has 0 amide bonds. The van der Waals surface area contributed by atoms with Crippen LogP contribution >= 0.6 is 0 Å². The molecule has 0 saturated carbocycles. The van der Waals surface area contributed by atoms with Crippen molar-refractivity contribution in [1.29, 1.82) is 0 Å². The number of hydrogen-bond acceptors (Lipinski definition) is 2. The number of hydrogen-bond donors (Lipinski definition) is 1. The Balaban J connectivity index is -0.000000249. The lowest BCUT2D eigenvalue weighted by molar-refractivity contribution is -0.921. The molecule has 0 aliphatic heterocycles. The molecule has 0 aliphatic rings. The normalized spacial score (nSPS) is 9.50. The third kappa shape index (κ3) is 5.52. The molecule has 0 bridgehead atoms. The lowest BCUT2D eigenvalue weighted by atomic mass is 10.3. The SMILES string of the molecule is CC[N+](CC)(CC)CC.CN.[OH-]. The van der Waals surface area contributed by atoms with Gasteiger partial charge in [0.15, 0.2) is 0 Å². The van der Waals surface area contributed by atoms with Crippen LogP contribution in [0.25, 0.3) is 0 Å². The Hall–Kier alpha value is -0.120. The summed E-state index contributed by atoms with van der Waals surface area (Å²) >= 11 is 0. The summed E-state index contributed by atoms with van der Waals surface area (Å²) in [6.07, 6.45) is 0. The summed E-state index contributed by atoms with van der Waals surface area (Å²) in [4.78, 5) is 0. The minimum absolute atomic E-state index is 0. The lowest BCUT2D eigenvalue weighted by Crippen LogP contribution is -2.47. The molecule has 0 saturated heterocycles. The van der Waals surface area contributed by atoms with Crippen LogP contribution in [0.15, 0.2) is 0 Å². The molecule has 0 rings (SSSR count). The summed E-state index contributed by atoms with van der Waals surface area (Å²) in [5.74, 6) is 0. The van der Waals surface area contributed by atoms with E-state index in [0.29, 0.717) is 0 Å². The second kappa shape index (κ2) is 10.9. The van der Waals surface area contributed by atoms with Crippen molar-refractivity contribution in [2.45, 2.75) is 27.7 Å². The van der Waals surface area contributed by atoms with Gasteiger partial charge >= 0.3 is 0 Å². The predicted octanol–water partition coefficient (Wildman–Crippen LogP) is 1.28. The maximum absolute atomic E-state index is 4.50. The Labute approximate surface area is 77.5 Å². The number of nitrogens with two attached hydrogens (primary N) is 1. The molecule has 0 aromatic carbocycles. The van der Waals surface area contributed by atoms with Crippen LogP contribution in [0.2, 0.25) is 0 Å². The highest BCUT2D eigenvalue weighted by Gasteiger charge is 2.16. The largest absolute Gasteiger partial charge is 0.870 e. The van der Waals surface area contributed by atoms with E-state index in [1.807, 2.05) is 0 Å². The average molecular weight is 178 g/mol. The van der Waals surface area contributed by atoms with Gasteiger partial charge in [0.05, 0.1) is 26.2 Å². The first-order chi connectivity index (χ1) is 5.24. The van der Waals surface area contributed by atoms with Crippen LogP contribution in [-0.4, -0.2) is 43.2 Å². The number of rotatable bonds is 4. The molecule has 0 aromatic heterocycles. The van der Waals surface area contributed by atoms with E-state index in [0.717, 1.165) is 0 Å². The zero-order valence-electron chi connectivity index (χ0n) is 9.30. The molecule has 3 nitrogen and oxygen atoms in total. The van der Waals surface area contributed by atoms with Crippen LogP contribution in [0.3, 0.4) is 0 Å². The van der Waals surface area contributed by atoms with Gasteiger partial charge in [-0.15, -0.1) is 0 Å². The van der Waals surface area contributed by atoms with Crippen molar-refractivity contribution in [3.8, 4) is 0 Å². The minimum Gasteiger partial charge on any atom is -0.870 e. The van der Waals surface area contributed by atoms with E-state index >= 15 is 0 Å². The Morgan fingerprint density at radius 3 is 0.917 bits per heavy atom. The molecular formula is C9H26N2O. The van der Waals surface area contributed by atoms with Crippen LogP contribution in [0, 0.1) is 0 Å². The van der Waals surface area contributed by atoms with E-state index in [2.05, 4.69) is 33.4 Å². The van der Waals surface area contributed by atoms with Gasteiger partial charge in [-0.2, -0.15) is 0 Å². The minimum atomic E-state index is 0. The van der Waals surface area contributed by atoms with E-state index < -0.39 is 0 Å². The lowest BCUT2D eigenvalue weighted by Gasteiger charge is -2.34. The third-order valence-corrected chi connectivity index (χ3v) is 2.68. The second-order valence-corrected chi connectivity index (χ2v) is 2.61. The first-order valence-corrected chi connectivity index (χ1v) is 4.67. The van der Waals surface area contributed by atoms with Crippen LogP contribution in [-0.2, 0) is 0 Å². The van der Waals surface area contributed by atoms with Gasteiger partial charge in [-0.25, -0.2) is 0 Å². The van der Waals surface area contributed by atoms with Crippen LogP contribution in [0.1, 0.15) is 27.7 Å². The Morgan fingerprint density at radius 1 is 0.750 bits per heavy atom. The van der Waals surface area contributed by atoms with Crippen LogP contribution in [0.4, 0.5) is 0 Å². The number of quaternary nitrogens is 1. The molecule has 0 radical (unpaired) electrons. The highest BCUT2D eigenvalue weighted by molar-refractivity contribution is 4.31. The van der Waals surface area contributed by atoms with Crippen molar-refractivity contribution >= 4 is 0 Å². The van der Waals surface area contributed by atoms with E-state index in [4.69, 9.17) is 0 Å². The van der Waals surface area contributed by atoms with Gasteiger partial charge in [0, 0.05) is 0 Å². The molecule has 3 N–H and O–H groups in total. The van der Waals surface area contributed by atoms with Gasteiger partial charge in [0.2, 0.25) is 0 Å². The summed E-state index contributed by atoms with van der Waals surface area (Å²) in [5, 5.41) is 0. The monoisotopic (exact) mass is 178 g/mol. The molecule has 0 aliphatic carbocycles. The first kappa shape index (κ1) is 17.8. The quantitative estimate of drug-likeness (QED) is 0.659. The average Bonchev–Trinajstić information content (AvgIpc) is 2.13. The summed E-state index contributed by atoms with van der Waals surface area (Å²) in [5.41, 5.74) is 4.50. The molecule has 0 heterocycles. The van der Waals surface area contributed by atoms with Crippen molar-refractivity contribution in [3.63, 3.8) is 0 Å². The molecule has 0 fully saturated rings. The van der Waals surface area contributed by atoms with Gasteiger partial charge in [-0.05, 0) is 34.7 Å². The van der Waals surface area contributed by atoms with Gasteiger partial charge < -0.3 is 15.7 Å².